The molecule has 0 aromatic rings. The highest BCUT2D eigenvalue weighted by atomic mass is 16.6. The Morgan fingerprint density at radius 3 is 1.57 bits per heavy atom. The van der Waals surface area contributed by atoms with Crippen molar-refractivity contribution in [3.05, 3.63) is 12.2 Å². The Hall–Kier alpha value is -2.42. The lowest BCUT2D eigenvalue weighted by Crippen LogP contribution is -2.39. The second kappa shape index (κ2) is 21.3. The van der Waals surface area contributed by atoms with Crippen molar-refractivity contribution in [2.75, 3.05) is 92.4 Å². The van der Waals surface area contributed by atoms with Crippen molar-refractivity contribution in [3.8, 4) is 0 Å². The van der Waals surface area contributed by atoms with Crippen molar-refractivity contribution in [2.24, 2.45) is 11.8 Å². The normalized spacial score (nSPS) is 18.9. The van der Waals surface area contributed by atoms with E-state index in [0.717, 1.165) is 25.7 Å². The van der Waals surface area contributed by atoms with E-state index in [1.54, 1.807) is 0 Å². The van der Waals surface area contributed by atoms with Crippen LogP contribution in [-0.2, 0) is 47.6 Å². The molecule has 1 heterocycles. The molecule has 0 aromatic heterocycles. The van der Waals surface area contributed by atoms with Crippen LogP contribution in [0.25, 0.3) is 0 Å². The highest BCUT2D eigenvalue weighted by Gasteiger charge is 2.31. The van der Waals surface area contributed by atoms with E-state index in [0.29, 0.717) is 85.8 Å². The largest absolute Gasteiger partial charge is 0.481 e. The van der Waals surface area contributed by atoms with Gasteiger partial charge in [-0.2, -0.15) is 0 Å². The van der Waals surface area contributed by atoms with Gasteiger partial charge >= 0.3 is 5.97 Å². The van der Waals surface area contributed by atoms with Crippen LogP contribution in [0.5, 0.6) is 0 Å². The number of carboxylic acid groups (broad SMARTS) is 1. The van der Waals surface area contributed by atoms with Crippen molar-refractivity contribution in [1.29, 1.82) is 0 Å². The highest BCUT2D eigenvalue weighted by Crippen LogP contribution is 2.30. The average Bonchev–Trinajstić information content (AvgIpc) is 3.26. The van der Waals surface area contributed by atoms with Crippen LogP contribution in [0.15, 0.2) is 12.2 Å². The van der Waals surface area contributed by atoms with Crippen LogP contribution in [0.1, 0.15) is 32.1 Å². The zero-order valence-electron chi connectivity index (χ0n) is 23.2. The van der Waals surface area contributed by atoms with Crippen molar-refractivity contribution in [3.63, 3.8) is 0 Å². The number of amides is 3. The fraction of sp³-hybridized carbons (Fsp3) is 0.778. The first kappa shape index (κ1) is 33.8. The maximum Gasteiger partial charge on any atom is 0.305 e. The third-order valence-electron chi connectivity index (χ3n) is 6.42. The summed E-state index contributed by atoms with van der Waals surface area (Å²) in [6.45, 7) is 5.76. The number of nitrogens with zero attached hydrogens (tertiary/aromatic N) is 1. The van der Waals surface area contributed by atoms with Gasteiger partial charge in [0.05, 0.1) is 85.7 Å². The molecule has 1 saturated carbocycles. The maximum atomic E-state index is 12.4. The molecule has 1 aliphatic heterocycles. The van der Waals surface area contributed by atoms with Gasteiger partial charge in [0.15, 0.2) is 0 Å². The molecule has 0 atom stereocenters. The molecule has 228 valence electrons. The Morgan fingerprint density at radius 1 is 0.700 bits per heavy atom. The molecule has 0 unspecified atom stereocenters. The van der Waals surface area contributed by atoms with Crippen LogP contribution in [0, 0.1) is 11.8 Å². The molecule has 1 aliphatic carbocycles. The number of nitrogens with one attached hydrogen (secondary N) is 1. The number of aliphatic carboxylic acids is 1. The quantitative estimate of drug-likeness (QED) is 0.122. The van der Waals surface area contributed by atoms with E-state index in [2.05, 4.69) is 5.32 Å². The van der Waals surface area contributed by atoms with Gasteiger partial charge in [0, 0.05) is 31.2 Å². The Morgan fingerprint density at radius 2 is 1.12 bits per heavy atom. The van der Waals surface area contributed by atoms with Crippen LogP contribution >= 0.6 is 0 Å². The Kier molecular flexibility index (Phi) is 18.0. The first-order valence-electron chi connectivity index (χ1n) is 14.0. The van der Waals surface area contributed by atoms with Gasteiger partial charge in [-0.05, 0) is 31.6 Å². The Balaban J connectivity index is 1.28. The molecule has 0 saturated heterocycles. The summed E-state index contributed by atoms with van der Waals surface area (Å²) in [5, 5.41) is 11.4. The third-order valence-corrected chi connectivity index (χ3v) is 6.42. The monoisotopic (exact) mass is 572 g/mol. The number of imide groups is 1. The molecule has 3 amide bonds. The lowest BCUT2D eigenvalue weighted by atomic mass is 9.81. The topological polar surface area (TPSA) is 159 Å². The summed E-state index contributed by atoms with van der Waals surface area (Å²) < 4.78 is 32.1. The predicted molar refractivity (Wildman–Crippen MR) is 141 cm³/mol. The van der Waals surface area contributed by atoms with Crippen molar-refractivity contribution < 1.29 is 52.7 Å². The van der Waals surface area contributed by atoms with Crippen LogP contribution in [0.2, 0.25) is 0 Å². The number of carboxylic acids is 1. The molecule has 2 aliphatic rings. The minimum absolute atomic E-state index is 0.0110. The summed E-state index contributed by atoms with van der Waals surface area (Å²) in [6.07, 6.45) is 5.76. The summed E-state index contributed by atoms with van der Waals surface area (Å²) in [7, 11) is 0. The molecule has 2 rings (SSSR count). The predicted octanol–water partition coefficient (Wildman–Crippen LogP) is 0.408. The molecule has 13 nitrogen and oxygen atoms in total. The van der Waals surface area contributed by atoms with Crippen LogP contribution in [-0.4, -0.2) is 126 Å². The molecule has 1 fully saturated rings. The molecular weight excluding hydrogens is 528 g/mol. The second-order valence-corrected chi connectivity index (χ2v) is 9.45. The lowest BCUT2D eigenvalue weighted by molar-refractivity contribution is -0.139. The van der Waals surface area contributed by atoms with Gasteiger partial charge in [-0.1, -0.05) is 0 Å². The van der Waals surface area contributed by atoms with Gasteiger partial charge in [0.2, 0.25) is 5.91 Å². The van der Waals surface area contributed by atoms with Gasteiger partial charge in [-0.25, -0.2) is 0 Å². The Labute approximate surface area is 235 Å². The number of hydrogen-bond acceptors (Lipinski definition) is 10. The molecule has 0 spiro atoms. The third kappa shape index (κ3) is 15.4. The molecule has 0 aromatic carbocycles. The van der Waals surface area contributed by atoms with Crippen molar-refractivity contribution >= 4 is 23.7 Å². The average molecular weight is 573 g/mol. The number of hydrogen-bond donors (Lipinski definition) is 2. The zero-order valence-corrected chi connectivity index (χ0v) is 23.2. The second-order valence-electron chi connectivity index (χ2n) is 9.45. The fourth-order valence-corrected chi connectivity index (χ4v) is 4.23. The first-order valence-corrected chi connectivity index (χ1v) is 14.0. The minimum Gasteiger partial charge on any atom is -0.481 e. The van der Waals surface area contributed by atoms with E-state index in [-0.39, 0.29) is 42.6 Å². The van der Waals surface area contributed by atoms with Gasteiger partial charge < -0.3 is 38.8 Å². The van der Waals surface area contributed by atoms with Crippen LogP contribution < -0.4 is 5.32 Å². The van der Waals surface area contributed by atoms with Crippen molar-refractivity contribution in [1.82, 2.24) is 10.2 Å². The summed E-state index contributed by atoms with van der Waals surface area (Å²) in [4.78, 5) is 47.4. The first-order chi connectivity index (χ1) is 19.5. The summed E-state index contributed by atoms with van der Waals surface area (Å²) in [5.41, 5.74) is 0. The van der Waals surface area contributed by atoms with E-state index < -0.39 is 5.97 Å². The van der Waals surface area contributed by atoms with E-state index in [1.165, 1.54) is 17.1 Å². The maximum absolute atomic E-state index is 12.4. The fourth-order valence-electron chi connectivity index (χ4n) is 4.23. The summed E-state index contributed by atoms with van der Waals surface area (Å²) in [5.74, 6) is -1.14. The zero-order chi connectivity index (χ0) is 28.8. The molecular formula is C27H44N2O11. The van der Waals surface area contributed by atoms with Crippen molar-refractivity contribution in [2.45, 2.75) is 32.1 Å². The molecule has 40 heavy (non-hydrogen) atoms. The molecule has 0 bridgehead atoms. The number of ether oxygens (including phenoxy) is 6. The van der Waals surface area contributed by atoms with Gasteiger partial charge in [0.25, 0.3) is 11.8 Å². The number of carbonyl (C=O) groups excluding carboxylic acids is 3. The van der Waals surface area contributed by atoms with Gasteiger partial charge in [-0.15, -0.1) is 0 Å². The highest BCUT2D eigenvalue weighted by molar-refractivity contribution is 6.12. The van der Waals surface area contributed by atoms with Gasteiger partial charge in [0.1, 0.15) is 0 Å². The van der Waals surface area contributed by atoms with Crippen LogP contribution in [0.4, 0.5) is 0 Å². The molecule has 13 heteroatoms. The SMILES string of the molecule is O=C(O)CCOCCOCCOCCOCCOCCOCCNC(=O)C1CCC(CN2C(=O)C=CC2=O)CC1. The van der Waals surface area contributed by atoms with E-state index in [9.17, 15) is 19.2 Å². The summed E-state index contributed by atoms with van der Waals surface area (Å²) >= 11 is 0. The van der Waals surface area contributed by atoms with Gasteiger partial charge in [-0.3, -0.25) is 24.1 Å². The molecule has 0 radical (unpaired) electrons. The smallest absolute Gasteiger partial charge is 0.305 e. The van der Waals surface area contributed by atoms with Crippen LogP contribution in [0.3, 0.4) is 0 Å². The van der Waals surface area contributed by atoms with E-state index in [4.69, 9.17) is 33.5 Å². The van der Waals surface area contributed by atoms with E-state index >= 15 is 0 Å². The summed E-state index contributed by atoms with van der Waals surface area (Å²) in [6, 6.07) is 0. The Bertz CT molecular complexity index is 766. The lowest BCUT2D eigenvalue weighted by Gasteiger charge is -2.30. The number of rotatable bonds is 24. The number of carbonyl (C=O) groups is 4. The minimum atomic E-state index is -0.882. The molecule has 2 N–H and O–H groups in total. The standard InChI is InChI=1S/C27H44N2O11/c30-24-5-6-25(31)29(24)21-22-1-3-23(4-2-22)27(34)28-8-10-36-12-14-38-16-18-40-20-19-39-17-15-37-13-11-35-9-7-26(32)33/h5-6,22-23H,1-4,7-21H2,(H,28,34)(H,32,33). The van der Waals surface area contributed by atoms with E-state index in [1.807, 2.05) is 0 Å².